The third-order valence-electron chi connectivity index (χ3n) is 3.19. The molecule has 1 aromatic heterocycles. The van der Waals surface area contributed by atoms with Crippen LogP contribution in [0.25, 0.3) is 0 Å². The highest BCUT2D eigenvalue weighted by Gasteiger charge is 2.15. The second kappa shape index (κ2) is 8.00. The van der Waals surface area contributed by atoms with Crippen molar-refractivity contribution in [1.29, 1.82) is 0 Å². The zero-order valence-corrected chi connectivity index (χ0v) is 14.3. The van der Waals surface area contributed by atoms with Gasteiger partial charge in [0.1, 0.15) is 11.5 Å². The number of methoxy groups -OCH3 is 1. The van der Waals surface area contributed by atoms with E-state index < -0.39 is 5.91 Å². The topological polar surface area (TPSA) is 139 Å². The first-order valence-electron chi connectivity index (χ1n) is 7.18. The van der Waals surface area contributed by atoms with Crippen molar-refractivity contribution >= 4 is 17.7 Å². The lowest BCUT2D eigenvalue weighted by atomic mass is 10.00. The van der Waals surface area contributed by atoms with Crippen molar-refractivity contribution in [3.63, 3.8) is 0 Å². The summed E-state index contributed by atoms with van der Waals surface area (Å²) in [5.41, 5.74) is 17.3. The molecule has 0 atom stereocenters. The van der Waals surface area contributed by atoms with E-state index in [1.165, 1.54) is 13.3 Å². The normalized spacial score (nSPS) is 12.6. The highest BCUT2D eigenvalue weighted by atomic mass is 16.5. The minimum atomic E-state index is -0.666. The number of primary amides is 1. The van der Waals surface area contributed by atoms with Gasteiger partial charge in [0.25, 0.3) is 5.91 Å². The van der Waals surface area contributed by atoms with Gasteiger partial charge in [0.15, 0.2) is 11.6 Å². The van der Waals surface area contributed by atoms with Crippen LogP contribution in [-0.2, 0) is 9.53 Å². The number of hydrogen-bond donors (Lipinski definition) is 3. The van der Waals surface area contributed by atoms with Crippen molar-refractivity contribution < 1.29 is 14.3 Å². The first-order valence-corrected chi connectivity index (χ1v) is 7.18. The SMILES string of the molecule is C=C(C(N)=O)/C(=C\C(=C(/C)Oc1cnc(N)nc1N)C(C)C)OC. The molecule has 0 aliphatic heterocycles. The number of aromatic nitrogens is 2. The molecule has 1 heterocycles. The molecule has 0 aromatic carbocycles. The molecule has 1 rings (SSSR count). The van der Waals surface area contributed by atoms with Gasteiger partial charge in [-0.2, -0.15) is 4.98 Å². The maximum absolute atomic E-state index is 11.3. The molecule has 0 radical (unpaired) electrons. The quantitative estimate of drug-likeness (QED) is 0.390. The van der Waals surface area contributed by atoms with Crippen molar-refractivity contribution in [1.82, 2.24) is 9.97 Å². The fourth-order valence-corrected chi connectivity index (χ4v) is 1.91. The largest absolute Gasteiger partial charge is 0.496 e. The third-order valence-corrected chi connectivity index (χ3v) is 3.19. The van der Waals surface area contributed by atoms with Crippen LogP contribution in [0.5, 0.6) is 5.75 Å². The lowest BCUT2D eigenvalue weighted by molar-refractivity contribution is -0.114. The Morgan fingerprint density at radius 1 is 1.38 bits per heavy atom. The first-order chi connectivity index (χ1) is 11.2. The predicted molar refractivity (Wildman–Crippen MR) is 92.4 cm³/mol. The summed E-state index contributed by atoms with van der Waals surface area (Å²) < 4.78 is 10.9. The molecule has 1 amide bonds. The minimum absolute atomic E-state index is 0.0601. The molecule has 130 valence electrons. The summed E-state index contributed by atoms with van der Waals surface area (Å²) in [4.78, 5) is 19.0. The Balaban J connectivity index is 3.27. The van der Waals surface area contributed by atoms with Gasteiger partial charge < -0.3 is 26.7 Å². The number of amides is 1. The van der Waals surface area contributed by atoms with Crippen LogP contribution in [-0.4, -0.2) is 23.0 Å². The number of hydrogen-bond acceptors (Lipinski definition) is 7. The standard InChI is InChI=1S/C16H23N5O3/c1-8(2)11(6-12(23-5)9(3)15(18)22)10(4)24-13-7-20-16(19)21-14(13)17/h6-8H,3H2,1-2,4-5H3,(H2,18,22)(H4,17,19,20,21)/b11-10-,12-6+. The van der Waals surface area contributed by atoms with Crippen LogP contribution in [0.1, 0.15) is 20.8 Å². The molecule has 0 aliphatic carbocycles. The summed E-state index contributed by atoms with van der Waals surface area (Å²) in [6.07, 6.45) is 3.05. The lowest BCUT2D eigenvalue weighted by Crippen LogP contribution is -2.16. The van der Waals surface area contributed by atoms with Crippen LogP contribution >= 0.6 is 0 Å². The van der Waals surface area contributed by atoms with Crippen LogP contribution in [0.4, 0.5) is 11.8 Å². The van der Waals surface area contributed by atoms with Crippen LogP contribution < -0.4 is 21.9 Å². The van der Waals surface area contributed by atoms with Gasteiger partial charge in [-0.25, -0.2) is 4.98 Å². The van der Waals surface area contributed by atoms with Crippen molar-refractivity contribution in [3.8, 4) is 5.75 Å². The van der Waals surface area contributed by atoms with Crippen molar-refractivity contribution in [2.75, 3.05) is 18.6 Å². The monoisotopic (exact) mass is 333 g/mol. The van der Waals surface area contributed by atoms with Gasteiger partial charge in [-0.15, -0.1) is 0 Å². The summed E-state index contributed by atoms with van der Waals surface area (Å²) in [5.74, 6) is 0.661. The molecule has 0 aliphatic rings. The molecule has 1 aromatic rings. The Hall–Kier alpha value is -3.03. The fraction of sp³-hybridized carbons (Fsp3) is 0.312. The Bertz CT molecular complexity index is 708. The average Bonchev–Trinajstić information content (AvgIpc) is 2.49. The summed E-state index contributed by atoms with van der Waals surface area (Å²) in [5, 5.41) is 0. The summed E-state index contributed by atoms with van der Waals surface area (Å²) >= 11 is 0. The van der Waals surface area contributed by atoms with Gasteiger partial charge in [-0.05, 0) is 24.5 Å². The second-order valence-electron chi connectivity index (χ2n) is 5.30. The Morgan fingerprint density at radius 3 is 2.46 bits per heavy atom. The van der Waals surface area contributed by atoms with Crippen LogP contribution in [0.3, 0.4) is 0 Å². The van der Waals surface area contributed by atoms with E-state index in [1.54, 1.807) is 13.0 Å². The van der Waals surface area contributed by atoms with Gasteiger partial charge >= 0.3 is 0 Å². The molecular weight excluding hydrogens is 310 g/mol. The summed E-state index contributed by atoms with van der Waals surface area (Å²) in [6.45, 7) is 9.29. The number of carbonyl (C=O) groups is 1. The molecule has 0 saturated heterocycles. The van der Waals surface area contributed by atoms with E-state index >= 15 is 0 Å². The molecule has 0 saturated carbocycles. The molecule has 6 N–H and O–H groups in total. The van der Waals surface area contributed by atoms with Crippen molar-refractivity contribution in [2.24, 2.45) is 11.7 Å². The van der Waals surface area contributed by atoms with E-state index in [0.717, 1.165) is 5.57 Å². The lowest BCUT2D eigenvalue weighted by Gasteiger charge is -2.16. The van der Waals surface area contributed by atoms with Crippen LogP contribution in [0.2, 0.25) is 0 Å². The highest BCUT2D eigenvalue weighted by Crippen LogP contribution is 2.26. The van der Waals surface area contributed by atoms with E-state index in [0.29, 0.717) is 5.76 Å². The average molecular weight is 333 g/mol. The smallest absolute Gasteiger partial charge is 0.251 e. The zero-order chi connectivity index (χ0) is 18.4. The maximum Gasteiger partial charge on any atom is 0.251 e. The second-order valence-corrected chi connectivity index (χ2v) is 5.30. The zero-order valence-electron chi connectivity index (χ0n) is 14.3. The molecule has 24 heavy (non-hydrogen) atoms. The molecule has 0 fully saturated rings. The van der Waals surface area contributed by atoms with E-state index in [1.807, 2.05) is 13.8 Å². The highest BCUT2D eigenvalue weighted by molar-refractivity contribution is 5.95. The number of carbonyl (C=O) groups excluding carboxylic acids is 1. The molecule has 8 heteroatoms. The van der Waals surface area contributed by atoms with Crippen molar-refractivity contribution in [3.05, 3.63) is 41.5 Å². The van der Waals surface area contributed by atoms with Gasteiger partial charge in [0.2, 0.25) is 5.95 Å². The number of allylic oxidation sites excluding steroid dienone is 3. The van der Waals surface area contributed by atoms with Crippen LogP contribution in [0, 0.1) is 5.92 Å². The summed E-state index contributed by atoms with van der Waals surface area (Å²) in [6, 6.07) is 0. The molecule has 8 nitrogen and oxygen atoms in total. The first kappa shape index (κ1) is 19.0. The number of rotatable bonds is 7. The Labute approximate surface area is 141 Å². The number of anilines is 2. The number of ether oxygens (including phenoxy) is 2. The molecule has 0 spiro atoms. The van der Waals surface area contributed by atoms with E-state index in [4.69, 9.17) is 26.7 Å². The van der Waals surface area contributed by atoms with E-state index in [-0.39, 0.29) is 34.8 Å². The Kier molecular flexibility index (Phi) is 6.34. The van der Waals surface area contributed by atoms with Gasteiger partial charge in [-0.1, -0.05) is 20.4 Å². The minimum Gasteiger partial charge on any atom is -0.496 e. The number of nitrogens with two attached hydrogens (primary N) is 3. The number of nitrogens with zero attached hydrogens (tertiary/aromatic N) is 2. The molecular formula is C16H23N5O3. The van der Waals surface area contributed by atoms with E-state index in [9.17, 15) is 4.79 Å². The Morgan fingerprint density at radius 2 is 2.00 bits per heavy atom. The van der Waals surface area contributed by atoms with Crippen molar-refractivity contribution in [2.45, 2.75) is 20.8 Å². The predicted octanol–water partition coefficient (Wildman–Crippen LogP) is 1.52. The van der Waals surface area contributed by atoms with E-state index in [2.05, 4.69) is 16.5 Å². The fourth-order valence-electron chi connectivity index (χ4n) is 1.91. The van der Waals surface area contributed by atoms with Crippen LogP contribution in [0.15, 0.2) is 41.5 Å². The third kappa shape index (κ3) is 4.73. The maximum atomic E-state index is 11.3. The van der Waals surface area contributed by atoms with Gasteiger partial charge in [-0.3, -0.25) is 4.79 Å². The molecule has 0 bridgehead atoms. The van der Waals surface area contributed by atoms with Gasteiger partial charge in [0.05, 0.1) is 18.9 Å². The molecule has 0 unspecified atom stereocenters. The number of nitrogen functional groups attached to an aromatic ring is 2. The summed E-state index contributed by atoms with van der Waals surface area (Å²) in [7, 11) is 1.43. The van der Waals surface area contributed by atoms with Gasteiger partial charge in [0, 0.05) is 0 Å².